The van der Waals surface area contributed by atoms with E-state index in [-0.39, 0.29) is 24.0 Å². The summed E-state index contributed by atoms with van der Waals surface area (Å²) in [4.78, 5) is 25.1. The van der Waals surface area contributed by atoms with Crippen LogP contribution in [-0.4, -0.2) is 17.6 Å². The zero-order valence-electron chi connectivity index (χ0n) is 15.2. The zero-order chi connectivity index (χ0) is 19.2. The number of hydrogen-bond donors (Lipinski definition) is 0. The topological polar surface area (TPSA) is 72.7 Å². The summed E-state index contributed by atoms with van der Waals surface area (Å²) in [5.41, 5.74) is 3.21. The summed E-state index contributed by atoms with van der Waals surface area (Å²) in [5, 5.41) is 11.2. The summed E-state index contributed by atoms with van der Waals surface area (Å²) in [6, 6.07) is 16.8. The molecular formula is C21H22N2O4. The molecule has 1 atom stereocenters. The van der Waals surface area contributed by atoms with Crippen LogP contribution in [0.2, 0.25) is 0 Å². The number of fused-ring (bicyclic) bond motifs is 1. The molecule has 2 aromatic rings. The number of ether oxygens (including phenoxy) is 1. The quantitative estimate of drug-likeness (QED) is 0.539. The number of para-hydroxylation sites is 1. The van der Waals surface area contributed by atoms with Crippen LogP contribution in [0.5, 0.6) is 0 Å². The fourth-order valence-electron chi connectivity index (χ4n) is 3.36. The third-order valence-electron chi connectivity index (χ3n) is 4.59. The van der Waals surface area contributed by atoms with Crippen LogP contribution in [0.15, 0.2) is 66.4 Å². The average molecular weight is 366 g/mol. The molecule has 27 heavy (non-hydrogen) atoms. The summed E-state index contributed by atoms with van der Waals surface area (Å²) in [6.07, 6.45) is 2.76. The minimum Gasteiger partial charge on any atom is -0.444 e. The van der Waals surface area contributed by atoms with Gasteiger partial charge in [0.25, 0.3) is 0 Å². The number of rotatable bonds is 6. The van der Waals surface area contributed by atoms with Gasteiger partial charge in [0.2, 0.25) is 6.54 Å². The van der Waals surface area contributed by atoms with Gasteiger partial charge in [-0.15, -0.1) is 0 Å². The van der Waals surface area contributed by atoms with Gasteiger partial charge in [0.15, 0.2) is 0 Å². The van der Waals surface area contributed by atoms with Gasteiger partial charge >= 0.3 is 6.09 Å². The van der Waals surface area contributed by atoms with Crippen molar-refractivity contribution in [3.05, 3.63) is 87.6 Å². The van der Waals surface area contributed by atoms with Crippen molar-refractivity contribution in [2.24, 2.45) is 0 Å². The van der Waals surface area contributed by atoms with E-state index in [9.17, 15) is 14.9 Å². The lowest BCUT2D eigenvalue weighted by molar-refractivity contribution is -0.482. The van der Waals surface area contributed by atoms with E-state index in [0.29, 0.717) is 12.1 Å². The van der Waals surface area contributed by atoms with Crippen molar-refractivity contribution in [2.45, 2.75) is 32.3 Å². The molecule has 0 saturated carbocycles. The van der Waals surface area contributed by atoms with Gasteiger partial charge in [-0.2, -0.15) is 0 Å². The van der Waals surface area contributed by atoms with Gasteiger partial charge < -0.3 is 4.74 Å². The largest absolute Gasteiger partial charge is 0.444 e. The summed E-state index contributed by atoms with van der Waals surface area (Å²) in [5.74, 6) is -0.325. The molecule has 2 aromatic carbocycles. The Bertz CT molecular complexity index is 848. The maximum Gasteiger partial charge on any atom is 0.418 e. The van der Waals surface area contributed by atoms with Crippen molar-refractivity contribution in [2.75, 3.05) is 11.4 Å². The summed E-state index contributed by atoms with van der Waals surface area (Å²) in [6.45, 7) is 2.01. The second-order valence-corrected chi connectivity index (χ2v) is 6.49. The lowest BCUT2D eigenvalue weighted by atomic mass is 9.85. The van der Waals surface area contributed by atoms with E-state index in [2.05, 4.69) is 0 Å². The van der Waals surface area contributed by atoms with Crippen LogP contribution in [0.3, 0.4) is 0 Å². The van der Waals surface area contributed by atoms with Crippen LogP contribution in [0.25, 0.3) is 0 Å². The molecule has 0 radical (unpaired) electrons. The highest BCUT2D eigenvalue weighted by Crippen LogP contribution is 2.39. The standard InChI is InChI=1S/C21H22N2O4/c1-2-8-17-13-22(21(24)27-15-16-9-4-3-5-10-16)20-12-7-6-11-18(20)19(17)14-23(25)26/h3-7,9-13,19H,2,8,14-15H2,1H3/t19-/m0/s1. The molecule has 0 saturated heterocycles. The van der Waals surface area contributed by atoms with Gasteiger partial charge in [-0.3, -0.25) is 15.0 Å². The second-order valence-electron chi connectivity index (χ2n) is 6.49. The van der Waals surface area contributed by atoms with Crippen molar-refractivity contribution in [3.63, 3.8) is 0 Å². The van der Waals surface area contributed by atoms with Crippen LogP contribution in [0.1, 0.15) is 36.8 Å². The SMILES string of the molecule is CCCC1=CN(C(=O)OCc2ccccc2)c2ccccc2[C@H]1C[N+](=O)[O-]. The third-order valence-corrected chi connectivity index (χ3v) is 4.59. The fraction of sp³-hybridized carbons (Fsp3) is 0.286. The first kappa shape index (κ1) is 18.6. The molecule has 1 aliphatic heterocycles. The molecular weight excluding hydrogens is 344 g/mol. The number of hydrogen-bond acceptors (Lipinski definition) is 4. The Balaban J connectivity index is 1.88. The van der Waals surface area contributed by atoms with E-state index >= 15 is 0 Å². The number of carbonyl (C=O) groups is 1. The number of benzene rings is 2. The highest BCUT2D eigenvalue weighted by molar-refractivity contribution is 5.92. The summed E-state index contributed by atoms with van der Waals surface area (Å²) in [7, 11) is 0. The third kappa shape index (κ3) is 4.34. The second kappa shape index (κ2) is 8.49. The maximum atomic E-state index is 12.7. The smallest absolute Gasteiger partial charge is 0.418 e. The van der Waals surface area contributed by atoms with Crippen LogP contribution in [-0.2, 0) is 11.3 Å². The Morgan fingerprint density at radius 2 is 1.85 bits per heavy atom. The van der Waals surface area contributed by atoms with Gasteiger partial charge in [0.1, 0.15) is 6.61 Å². The minimum absolute atomic E-state index is 0.174. The lowest BCUT2D eigenvalue weighted by Gasteiger charge is -2.31. The van der Waals surface area contributed by atoms with E-state index in [1.807, 2.05) is 55.5 Å². The average Bonchev–Trinajstić information content (AvgIpc) is 2.68. The zero-order valence-corrected chi connectivity index (χ0v) is 15.2. The summed E-state index contributed by atoms with van der Waals surface area (Å²) >= 11 is 0. The van der Waals surface area contributed by atoms with Crippen molar-refractivity contribution in [1.82, 2.24) is 0 Å². The number of carbonyl (C=O) groups excluding carboxylic acids is 1. The van der Waals surface area contributed by atoms with Gasteiger partial charge in [-0.05, 0) is 29.2 Å². The predicted octanol–water partition coefficient (Wildman–Crippen LogP) is 4.89. The highest BCUT2D eigenvalue weighted by atomic mass is 16.6. The van der Waals surface area contributed by atoms with E-state index < -0.39 is 6.09 Å². The Kier molecular flexibility index (Phi) is 5.86. The van der Waals surface area contributed by atoms with Crippen LogP contribution in [0.4, 0.5) is 10.5 Å². The molecule has 1 heterocycles. The molecule has 0 aliphatic carbocycles. The maximum absolute atomic E-state index is 12.7. The molecule has 0 spiro atoms. The Morgan fingerprint density at radius 1 is 1.15 bits per heavy atom. The first-order valence-corrected chi connectivity index (χ1v) is 9.01. The molecule has 0 bridgehead atoms. The molecule has 6 nitrogen and oxygen atoms in total. The van der Waals surface area contributed by atoms with Crippen molar-refractivity contribution < 1.29 is 14.5 Å². The summed E-state index contributed by atoms with van der Waals surface area (Å²) < 4.78 is 5.48. The Labute approximate surface area is 158 Å². The minimum atomic E-state index is -0.487. The fourth-order valence-corrected chi connectivity index (χ4v) is 3.36. The molecule has 0 unspecified atom stereocenters. The van der Waals surface area contributed by atoms with Gasteiger partial charge in [-0.1, -0.05) is 61.9 Å². The number of nitro groups is 1. The molecule has 140 valence electrons. The first-order chi connectivity index (χ1) is 13.1. The van der Waals surface area contributed by atoms with Gasteiger partial charge in [0.05, 0.1) is 11.6 Å². The number of anilines is 1. The molecule has 0 N–H and O–H groups in total. The molecule has 6 heteroatoms. The number of nitrogens with zero attached hydrogens (tertiary/aromatic N) is 2. The van der Waals surface area contributed by atoms with Gasteiger partial charge in [-0.25, -0.2) is 4.79 Å². The molecule has 1 aliphatic rings. The van der Waals surface area contributed by atoms with E-state index in [1.54, 1.807) is 12.3 Å². The van der Waals surface area contributed by atoms with Crippen molar-refractivity contribution in [3.8, 4) is 0 Å². The van der Waals surface area contributed by atoms with Crippen LogP contribution in [0, 0.1) is 10.1 Å². The van der Waals surface area contributed by atoms with Crippen molar-refractivity contribution >= 4 is 11.8 Å². The molecule has 1 amide bonds. The van der Waals surface area contributed by atoms with E-state index in [4.69, 9.17) is 4.74 Å². The molecule has 0 fully saturated rings. The normalized spacial score (nSPS) is 15.7. The van der Waals surface area contributed by atoms with E-state index in [0.717, 1.165) is 23.1 Å². The van der Waals surface area contributed by atoms with Gasteiger partial charge in [0, 0.05) is 11.1 Å². The Hall–Kier alpha value is -3.15. The monoisotopic (exact) mass is 366 g/mol. The Morgan fingerprint density at radius 3 is 2.56 bits per heavy atom. The number of amides is 1. The predicted molar refractivity (Wildman–Crippen MR) is 103 cm³/mol. The highest BCUT2D eigenvalue weighted by Gasteiger charge is 2.33. The lowest BCUT2D eigenvalue weighted by Crippen LogP contribution is -2.32. The van der Waals surface area contributed by atoms with Crippen LogP contribution >= 0.6 is 0 Å². The molecule has 3 rings (SSSR count). The van der Waals surface area contributed by atoms with Crippen LogP contribution < -0.4 is 4.90 Å². The first-order valence-electron chi connectivity index (χ1n) is 9.01. The molecule has 0 aromatic heterocycles. The van der Waals surface area contributed by atoms with Crippen molar-refractivity contribution in [1.29, 1.82) is 0 Å². The van der Waals surface area contributed by atoms with E-state index in [1.165, 1.54) is 4.90 Å².